The second-order valence-electron chi connectivity index (χ2n) is 6.81. The summed E-state index contributed by atoms with van der Waals surface area (Å²) in [6, 6.07) is 12.0. The molecule has 154 valence electrons. The molecule has 0 bridgehead atoms. The van der Waals surface area contributed by atoms with Gasteiger partial charge in [-0.15, -0.1) is 0 Å². The second-order valence-corrected chi connectivity index (χ2v) is 6.81. The predicted octanol–water partition coefficient (Wildman–Crippen LogP) is 4.71. The first-order valence-corrected chi connectivity index (χ1v) is 9.36. The summed E-state index contributed by atoms with van der Waals surface area (Å²) in [6.07, 6.45) is 7.30. The molecule has 4 heterocycles. The van der Waals surface area contributed by atoms with Gasteiger partial charge in [-0.2, -0.15) is 18.3 Å². The quantitative estimate of drug-likeness (QED) is 0.520. The van der Waals surface area contributed by atoms with Crippen LogP contribution in [0.1, 0.15) is 11.4 Å². The smallest absolute Gasteiger partial charge is 0.292 e. The van der Waals surface area contributed by atoms with Gasteiger partial charge >= 0.3 is 6.18 Å². The zero-order valence-corrected chi connectivity index (χ0v) is 16.0. The highest BCUT2D eigenvalue weighted by atomic mass is 19.4. The van der Waals surface area contributed by atoms with E-state index in [1.807, 2.05) is 41.1 Å². The van der Waals surface area contributed by atoms with Gasteiger partial charge in [0.25, 0.3) is 0 Å². The van der Waals surface area contributed by atoms with E-state index in [1.165, 1.54) is 12.3 Å². The van der Waals surface area contributed by atoms with Crippen molar-refractivity contribution in [2.24, 2.45) is 0 Å². The number of rotatable bonds is 3. The molecule has 1 aromatic carbocycles. The number of hydrogen-bond acceptors (Lipinski definition) is 5. The maximum absolute atomic E-state index is 12.8. The number of fused-ring (bicyclic) bond motifs is 1. The Morgan fingerprint density at radius 1 is 0.935 bits per heavy atom. The van der Waals surface area contributed by atoms with Gasteiger partial charge in [0.1, 0.15) is 5.69 Å². The van der Waals surface area contributed by atoms with E-state index in [0.717, 1.165) is 33.9 Å². The van der Waals surface area contributed by atoms with Gasteiger partial charge < -0.3 is 0 Å². The summed E-state index contributed by atoms with van der Waals surface area (Å²) in [5, 5.41) is 8.08. The van der Waals surface area contributed by atoms with Gasteiger partial charge in [0.05, 0.1) is 35.2 Å². The molecule has 0 atom stereocenters. The fourth-order valence-corrected chi connectivity index (χ4v) is 3.41. The summed E-state index contributed by atoms with van der Waals surface area (Å²) in [7, 11) is 0. The highest BCUT2D eigenvalue weighted by molar-refractivity contribution is 5.89. The van der Waals surface area contributed by atoms with E-state index in [2.05, 4.69) is 20.5 Å². The highest BCUT2D eigenvalue weighted by Gasteiger charge is 2.32. The van der Waals surface area contributed by atoms with Crippen molar-refractivity contribution in [2.75, 3.05) is 5.01 Å². The lowest BCUT2D eigenvalue weighted by Gasteiger charge is -2.27. The summed E-state index contributed by atoms with van der Waals surface area (Å²) in [5.41, 5.74) is 5.14. The van der Waals surface area contributed by atoms with Crippen LogP contribution in [0, 0.1) is 0 Å². The molecule has 0 aliphatic carbocycles. The van der Waals surface area contributed by atoms with Gasteiger partial charge in [-0.05, 0) is 42.5 Å². The molecule has 9 heteroatoms. The molecule has 6 nitrogen and oxygen atoms in total. The third-order valence-electron chi connectivity index (χ3n) is 4.86. The van der Waals surface area contributed by atoms with Crippen LogP contribution < -0.4 is 10.4 Å². The molecular formula is C22H15F3N6. The first kappa shape index (κ1) is 18.9. The van der Waals surface area contributed by atoms with Crippen molar-refractivity contribution in [2.45, 2.75) is 6.18 Å². The number of hydrogen-bond donors (Lipinski definition) is 1. The average Bonchev–Trinajstić information content (AvgIpc) is 3.28. The van der Waals surface area contributed by atoms with Gasteiger partial charge in [-0.1, -0.05) is 12.1 Å². The van der Waals surface area contributed by atoms with Gasteiger partial charge in [-0.25, -0.2) is 9.67 Å². The van der Waals surface area contributed by atoms with Crippen LogP contribution in [-0.2, 0) is 6.18 Å². The maximum Gasteiger partial charge on any atom is 0.433 e. The van der Waals surface area contributed by atoms with Crippen molar-refractivity contribution in [1.82, 2.24) is 25.2 Å². The molecule has 31 heavy (non-hydrogen) atoms. The van der Waals surface area contributed by atoms with E-state index >= 15 is 0 Å². The van der Waals surface area contributed by atoms with Gasteiger partial charge in [0, 0.05) is 29.4 Å². The molecule has 3 aromatic heterocycles. The van der Waals surface area contributed by atoms with Crippen molar-refractivity contribution in [3.63, 3.8) is 0 Å². The number of halogens is 3. The number of nitrogens with zero attached hydrogens (tertiary/aromatic N) is 5. The largest absolute Gasteiger partial charge is 0.433 e. The molecule has 1 N–H and O–H groups in total. The number of nitrogens with one attached hydrogen (secondary N) is 1. The number of pyridine rings is 2. The van der Waals surface area contributed by atoms with Crippen LogP contribution in [0.2, 0.25) is 0 Å². The SMILES string of the molecule is FC(F)(F)c1ccc(N2C=CC=C(c3ccnn3-c3cccc4cnccc34)N2)cn1. The van der Waals surface area contributed by atoms with Gasteiger partial charge in [-0.3, -0.25) is 15.4 Å². The minimum Gasteiger partial charge on any atom is -0.292 e. The standard InChI is InChI=1S/C22H15F3N6/c23-22(24,25)21-7-6-16(14-27-21)30-12-2-4-18(29-30)20-9-11-28-31(20)19-5-1-3-15-13-26-10-8-17(15)19/h1-14,29H. The first-order chi connectivity index (χ1) is 15.0. The molecule has 1 aliphatic heterocycles. The molecule has 1 aliphatic rings. The minimum absolute atomic E-state index is 0.470. The number of hydrazine groups is 1. The number of alkyl halides is 3. The summed E-state index contributed by atoms with van der Waals surface area (Å²) in [4.78, 5) is 7.70. The maximum atomic E-state index is 12.8. The highest BCUT2D eigenvalue weighted by Crippen LogP contribution is 2.29. The monoisotopic (exact) mass is 420 g/mol. The van der Waals surface area contributed by atoms with Crippen molar-refractivity contribution >= 4 is 22.2 Å². The molecule has 0 amide bonds. The lowest BCUT2D eigenvalue weighted by molar-refractivity contribution is -0.141. The molecule has 0 spiro atoms. The fraction of sp³-hybridized carbons (Fsp3) is 0.0455. The van der Waals surface area contributed by atoms with Crippen LogP contribution in [0.25, 0.3) is 22.2 Å². The van der Waals surface area contributed by atoms with Crippen molar-refractivity contribution in [3.8, 4) is 5.69 Å². The van der Waals surface area contributed by atoms with E-state index < -0.39 is 11.9 Å². The zero-order chi connectivity index (χ0) is 21.4. The third kappa shape index (κ3) is 3.50. The second kappa shape index (κ2) is 7.28. The van der Waals surface area contributed by atoms with Gasteiger partial charge in [0.15, 0.2) is 0 Å². The van der Waals surface area contributed by atoms with Crippen molar-refractivity contribution in [3.05, 3.63) is 97.0 Å². The minimum atomic E-state index is -4.48. The number of aromatic nitrogens is 4. The number of benzene rings is 1. The van der Waals surface area contributed by atoms with Crippen LogP contribution in [0.5, 0.6) is 0 Å². The summed E-state index contributed by atoms with van der Waals surface area (Å²) in [5.74, 6) is 0. The van der Waals surface area contributed by atoms with Gasteiger partial charge in [0.2, 0.25) is 0 Å². The molecule has 5 rings (SSSR count). The Labute approximate surface area is 174 Å². The molecule has 4 aromatic rings. The van der Waals surface area contributed by atoms with Crippen LogP contribution >= 0.6 is 0 Å². The molecule has 0 unspecified atom stereocenters. The van der Waals surface area contributed by atoms with Crippen LogP contribution in [0.4, 0.5) is 18.9 Å². The van der Waals surface area contributed by atoms with E-state index in [0.29, 0.717) is 5.69 Å². The molecule has 0 fully saturated rings. The predicted molar refractivity (Wildman–Crippen MR) is 111 cm³/mol. The Bertz CT molecular complexity index is 1300. The van der Waals surface area contributed by atoms with E-state index in [4.69, 9.17) is 0 Å². The number of allylic oxidation sites excluding steroid dienone is 2. The Morgan fingerprint density at radius 3 is 2.65 bits per heavy atom. The van der Waals surface area contributed by atoms with Crippen LogP contribution in [0.15, 0.2) is 85.6 Å². The average molecular weight is 420 g/mol. The summed E-state index contributed by atoms with van der Waals surface area (Å²) >= 11 is 0. The zero-order valence-electron chi connectivity index (χ0n) is 16.0. The summed E-state index contributed by atoms with van der Waals surface area (Å²) < 4.78 is 40.2. The topological polar surface area (TPSA) is 58.9 Å². The lowest BCUT2D eigenvalue weighted by Crippen LogP contribution is -2.34. The Hall–Kier alpha value is -4.14. The van der Waals surface area contributed by atoms with Crippen molar-refractivity contribution in [1.29, 1.82) is 0 Å². The normalized spacial score (nSPS) is 13.9. The van der Waals surface area contributed by atoms with Crippen molar-refractivity contribution < 1.29 is 13.2 Å². The summed E-state index contributed by atoms with van der Waals surface area (Å²) in [6.45, 7) is 0. The Balaban J connectivity index is 1.47. The Kier molecular flexibility index (Phi) is 4.43. The van der Waals surface area contributed by atoms with E-state index in [9.17, 15) is 13.2 Å². The third-order valence-corrected chi connectivity index (χ3v) is 4.86. The molecular weight excluding hydrogens is 405 g/mol. The van der Waals surface area contributed by atoms with Crippen LogP contribution in [0.3, 0.4) is 0 Å². The molecule has 0 radical (unpaired) electrons. The van der Waals surface area contributed by atoms with E-state index in [1.54, 1.807) is 35.9 Å². The number of anilines is 1. The lowest BCUT2D eigenvalue weighted by atomic mass is 10.1. The molecule has 0 saturated carbocycles. The molecule has 0 saturated heterocycles. The first-order valence-electron chi connectivity index (χ1n) is 9.36. The van der Waals surface area contributed by atoms with Crippen LogP contribution in [-0.4, -0.2) is 19.7 Å². The Morgan fingerprint density at radius 2 is 1.84 bits per heavy atom. The van der Waals surface area contributed by atoms with E-state index in [-0.39, 0.29) is 0 Å². The fourth-order valence-electron chi connectivity index (χ4n) is 3.41.